The van der Waals surface area contributed by atoms with Crippen LogP contribution < -0.4 is 0 Å². The van der Waals surface area contributed by atoms with E-state index in [0.29, 0.717) is 36.3 Å². The second-order valence-electron chi connectivity index (χ2n) is 7.43. The fraction of sp³-hybridized carbons (Fsp3) is 0.273. The minimum Gasteiger partial charge on any atom is -0.456 e. The van der Waals surface area contributed by atoms with Crippen molar-refractivity contribution >= 4 is 69.3 Å². The summed E-state index contributed by atoms with van der Waals surface area (Å²) in [6, 6.07) is 3.64. The number of hydrogen-bond donors (Lipinski definition) is 0. The van der Waals surface area contributed by atoms with Crippen LogP contribution in [0.3, 0.4) is 0 Å². The molecule has 2 aliphatic heterocycles. The molecule has 0 saturated carbocycles. The van der Waals surface area contributed by atoms with Gasteiger partial charge in [0.25, 0.3) is 0 Å². The van der Waals surface area contributed by atoms with Gasteiger partial charge in [-0.15, -0.1) is 0 Å². The number of esters is 2. The minimum absolute atomic E-state index is 0.286. The zero-order valence-electron chi connectivity index (χ0n) is 18.2. The number of halogens is 4. The van der Waals surface area contributed by atoms with Gasteiger partial charge in [0, 0.05) is 51.7 Å². The Morgan fingerprint density at radius 2 is 1.32 bits per heavy atom. The second-order valence-corrected chi connectivity index (χ2v) is 9.63. The average molecular weight is 638 g/mol. The fourth-order valence-corrected chi connectivity index (χ4v) is 3.79. The first kappa shape index (κ1) is 26.5. The van der Waals surface area contributed by atoms with Gasteiger partial charge in [0.1, 0.15) is 22.1 Å². The van der Waals surface area contributed by atoms with Gasteiger partial charge in [0.05, 0.1) is 21.4 Å². The number of aromatic nitrogens is 2. The summed E-state index contributed by atoms with van der Waals surface area (Å²) in [6.07, 6.45) is 6.41. The number of ether oxygens (including phenoxy) is 2. The molecule has 0 atom stereocenters. The molecule has 34 heavy (non-hydrogen) atoms. The third-order valence-electron chi connectivity index (χ3n) is 4.82. The molecule has 0 bridgehead atoms. The highest BCUT2D eigenvalue weighted by Gasteiger charge is 2.18. The predicted octanol–water partition coefficient (Wildman–Crippen LogP) is 4.47. The Bertz CT molecular complexity index is 1070. The lowest BCUT2D eigenvalue weighted by atomic mass is 10.2. The molecule has 180 valence electrons. The summed E-state index contributed by atoms with van der Waals surface area (Å²) in [4.78, 5) is 33.9. The van der Waals surface area contributed by atoms with Crippen LogP contribution in [0.15, 0.2) is 48.1 Å². The van der Waals surface area contributed by atoms with E-state index in [1.54, 1.807) is 18.5 Å². The zero-order valence-corrected chi connectivity index (χ0v) is 22.7. The van der Waals surface area contributed by atoms with Crippen LogP contribution in [0.5, 0.6) is 0 Å². The van der Waals surface area contributed by atoms with E-state index in [2.05, 4.69) is 32.6 Å². The van der Waals surface area contributed by atoms with Crippen LogP contribution in [-0.4, -0.2) is 59.0 Å². The van der Waals surface area contributed by atoms with Crippen LogP contribution in [0.25, 0.3) is 0 Å². The van der Waals surface area contributed by atoms with Gasteiger partial charge in [-0.3, -0.25) is 0 Å². The molecule has 0 saturated heterocycles. The Labute approximate surface area is 225 Å². The second kappa shape index (κ2) is 12.1. The van der Waals surface area contributed by atoms with Gasteiger partial charge in [-0.25, -0.2) is 19.6 Å². The van der Waals surface area contributed by atoms with Crippen LogP contribution in [0.2, 0.25) is 15.2 Å². The SMILES string of the molecule is CN(Cc1cnc(Cl)c(Cl)c1)C1=CC(=O)OC1.CN(Cc1cnc(I)c(Cl)c1)C1=CC(=O)OC1. The highest BCUT2D eigenvalue weighted by atomic mass is 127. The topological polar surface area (TPSA) is 84.9 Å². The minimum atomic E-state index is -0.306. The Morgan fingerprint density at radius 1 is 0.853 bits per heavy atom. The van der Waals surface area contributed by atoms with E-state index >= 15 is 0 Å². The zero-order chi connectivity index (χ0) is 24.8. The Hall–Kier alpha value is -2.08. The average Bonchev–Trinajstić information content (AvgIpc) is 3.42. The summed E-state index contributed by atoms with van der Waals surface area (Å²) in [5.41, 5.74) is 3.62. The van der Waals surface area contributed by atoms with Crippen molar-refractivity contribution in [2.45, 2.75) is 13.1 Å². The lowest BCUT2D eigenvalue weighted by Gasteiger charge is -2.19. The van der Waals surface area contributed by atoms with E-state index in [-0.39, 0.29) is 17.1 Å². The van der Waals surface area contributed by atoms with Gasteiger partial charge in [-0.1, -0.05) is 34.8 Å². The van der Waals surface area contributed by atoms with Crippen molar-refractivity contribution in [1.82, 2.24) is 19.8 Å². The van der Waals surface area contributed by atoms with E-state index in [9.17, 15) is 9.59 Å². The highest BCUT2D eigenvalue weighted by Crippen LogP contribution is 2.22. The van der Waals surface area contributed by atoms with Crippen molar-refractivity contribution < 1.29 is 19.1 Å². The maximum absolute atomic E-state index is 10.9. The van der Waals surface area contributed by atoms with E-state index < -0.39 is 0 Å². The third-order valence-corrected chi connectivity index (χ3v) is 6.97. The van der Waals surface area contributed by atoms with Gasteiger partial charge < -0.3 is 19.3 Å². The summed E-state index contributed by atoms with van der Waals surface area (Å²) >= 11 is 19.7. The van der Waals surface area contributed by atoms with E-state index in [4.69, 9.17) is 44.3 Å². The number of hydrogen-bond acceptors (Lipinski definition) is 8. The summed E-state index contributed by atoms with van der Waals surface area (Å²) in [7, 11) is 3.77. The van der Waals surface area contributed by atoms with E-state index in [1.807, 2.05) is 30.0 Å². The van der Waals surface area contributed by atoms with E-state index in [0.717, 1.165) is 26.2 Å². The van der Waals surface area contributed by atoms with Gasteiger partial charge in [0.2, 0.25) is 0 Å². The molecule has 0 spiro atoms. The molecule has 4 rings (SSSR count). The molecule has 2 aromatic heterocycles. The molecule has 4 heterocycles. The lowest BCUT2D eigenvalue weighted by molar-refractivity contribution is -0.135. The van der Waals surface area contributed by atoms with E-state index in [1.165, 1.54) is 12.2 Å². The first-order valence-corrected chi connectivity index (χ1v) is 12.1. The van der Waals surface area contributed by atoms with Crippen LogP contribution in [-0.2, 0) is 32.2 Å². The molecular formula is C22H20Cl3IN4O4. The largest absolute Gasteiger partial charge is 0.456 e. The molecule has 2 aliphatic rings. The lowest BCUT2D eigenvalue weighted by Crippen LogP contribution is -2.18. The number of likely N-dealkylation sites (N-methyl/N-ethyl adjacent to an activating group) is 2. The van der Waals surface area contributed by atoms with Gasteiger partial charge in [0.15, 0.2) is 0 Å². The van der Waals surface area contributed by atoms with Crippen molar-refractivity contribution in [2.75, 3.05) is 27.3 Å². The summed E-state index contributed by atoms with van der Waals surface area (Å²) in [6.45, 7) is 1.88. The van der Waals surface area contributed by atoms with Crippen molar-refractivity contribution in [1.29, 1.82) is 0 Å². The molecule has 0 aromatic carbocycles. The Kier molecular flexibility index (Phi) is 9.40. The molecular weight excluding hydrogens is 618 g/mol. The Balaban J connectivity index is 0.000000191. The number of carbonyl (C=O) groups is 2. The maximum Gasteiger partial charge on any atom is 0.333 e. The highest BCUT2D eigenvalue weighted by molar-refractivity contribution is 14.1. The van der Waals surface area contributed by atoms with Crippen LogP contribution in [0.4, 0.5) is 0 Å². The Morgan fingerprint density at radius 3 is 1.74 bits per heavy atom. The summed E-state index contributed by atoms with van der Waals surface area (Å²) in [5.74, 6) is -0.593. The third kappa shape index (κ3) is 7.46. The maximum atomic E-state index is 10.9. The number of nitrogens with zero attached hydrogens (tertiary/aromatic N) is 4. The molecule has 0 radical (unpaired) electrons. The van der Waals surface area contributed by atoms with Gasteiger partial charge >= 0.3 is 11.9 Å². The van der Waals surface area contributed by atoms with Crippen molar-refractivity contribution in [2.24, 2.45) is 0 Å². The molecule has 12 heteroatoms. The smallest absolute Gasteiger partial charge is 0.333 e. The molecule has 8 nitrogen and oxygen atoms in total. The molecule has 0 aliphatic carbocycles. The van der Waals surface area contributed by atoms with Gasteiger partial charge in [-0.05, 0) is 45.9 Å². The summed E-state index contributed by atoms with van der Waals surface area (Å²) < 4.78 is 10.5. The molecule has 2 aromatic rings. The number of carbonyl (C=O) groups excluding carboxylic acids is 2. The first-order valence-electron chi connectivity index (χ1n) is 9.89. The normalized spacial score (nSPS) is 14.5. The van der Waals surface area contributed by atoms with Crippen LogP contribution in [0.1, 0.15) is 11.1 Å². The van der Waals surface area contributed by atoms with Crippen molar-refractivity contribution in [3.63, 3.8) is 0 Å². The van der Waals surface area contributed by atoms with Gasteiger partial charge in [-0.2, -0.15) is 0 Å². The summed E-state index contributed by atoms with van der Waals surface area (Å²) in [5, 5.41) is 1.35. The fourth-order valence-electron chi connectivity index (χ4n) is 3.02. The van der Waals surface area contributed by atoms with Crippen molar-refractivity contribution in [3.05, 3.63) is 78.1 Å². The predicted molar refractivity (Wildman–Crippen MR) is 137 cm³/mol. The molecule has 0 unspecified atom stereocenters. The monoisotopic (exact) mass is 636 g/mol. The van der Waals surface area contributed by atoms with Crippen LogP contribution in [0, 0.1) is 3.70 Å². The molecule has 0 N–H and O–H groups in total. The quantitative estimate of drug-likeness (QED) is 0.261. The molecule has 0 fully saturated rings. The van der Waals surface area contributed by atoms with Crippen molar-refractivity contribution in [3.8, 4) is 0 Å². The molecule has 0 amide bonds. The number of cyclic esters (lactones) is 2. The standard InChI is InChI=1S/C11H10Cl2N2O2.C11H10ClIN2O2/c2*1-15(8-3-10(16)17-6-8)5-7-2-9(12)11(13)14-4-7/h2*2-4H,5-6H2,1H3. The number of rotatable bonds is 6. The number of pyridine rings is 2. The first-order chi connectivity index (χ1) is 16.1. The van der Waals surface area contributed by atoms with Crippen LogP contribution >= 0.6 is 57.4 Å².